The van der Waals surface area contributed by atoms with Gasteiger partial charge < -0.3 is 19.7 Å². The number of rotatable bonds is 5. The number of pyridine rings is 1. The summed E-state index contributed by atoms with van der Waals surface area (Å²) in [7, 11) is 1.71. The fourth-order valence-electron chi connectivity index (χ4n) is 4.90. The highest BCUT2D eigenvalue weighted by atomic mass is 35.5. The van der Waals surface area contributed by atoms with Gasteiger partial charge in [-0.1, -0.05) is 17.7 Å². The second-order valence-corrected chi connectivity index (χ2v) is 8.95. The lowest BCUT2D eigenvalue weighted by atomic mass is 9.78. The number of benzene rings is 1. The van der Waals surface area contributed by atoms with Crippen molar-refractivity contribution in [3.05, 3.63) is 52.3 Å². The van der Waals surface area contributed by atoms with E-state index in [9.17, 15) is 5.11 Å². The van der Waals surface area contributed by atoms with Gasteiger partial charge in [0.25, 0.3) is 6.47 Å². The first kappa shape index (κ1) is 24.3. The summed E-state index contributed by atoms with van der Waals surface area (Å²) in [5, 5.41) is 18.2. The van der Waals surface area contributed by atoms with Crippen LogP contribution in [0.25, 0.3) is 0 Å². The van der Waals surface area contributed by atoms with E-state index in [2.05, 4.69) is 16.8 Å². The Balaban J connectivity index is 0.000000913. The molecule has 0 unspecified atom stereocenters. The van der Waals surface area contributed by atoms with Crippen LogP contribution in [-0.4, -0.2) is 59.0 Å². The number of aliphatic hydroxyl groups is 1. The van der Waals surface area contributed by atoms with Crippen LogP contribution in [0.1, 0.15) is 29.7 Å². The number of nitrogens with zero attached hydrogens (tertiary/aromatic N) is 2. The minimum absolute atomic E-state index is 0.186. The molecule has 0 spiro atoms. The fourth-order valence-corrected chi connectivity index (χ4v) is 5.08. The number of likely N-dealkylation sites (tertiary alicyclic amines) is 1. The Labute approximate surface area is 193 Å². The first-order valence-corrected chi connectivity index (χ1v) is 11.1. The molecule has 7 nitrogen and oxygen atoms in total. The number of ether oxygens (including phenoxy) is 2. The topological polar surface area (TPSA) is 92.1 Å². The molecule has 4 rings (SSSR count). The molecule has 1 aliphatic carbocycles. The molecular weight excluding hydrogens is 432 g/mol. The van der Waals surface area contributed by atoms with E-state index in [0.717, 1.165) is 60.8 Å². The Morgan fingerprint density at radius 2 is 1.94 bits per heavy atom. The lowest BCUT2D eigenvalue weighted by Crippen LogP contribution is -2.42. The molecule has 0 radical (unpaired) electrons. The maximum atomic E-state index is 10.7. The predicted octanol–water partition coefficient (Wildman–Crippen LogP) is 3.71. The molecule has 1 saturated heterocycles. The molecule has 2 heterocycles. The molecule has 8 heteroatoms. The lowest BCUT2D eigenvalue weighted by Gasteiger charge is -2.35. The van der Waals surface area contributed by atoms with E-state index in [-0.39, 0.29) is 12.6 Å². The van der Waals surface area contributed by atoms with Crippen LogP contribution in [0.15, 0.2) is 30.5 Å². The number of hydrogen-bond acceptors (Lipinski definition) is 6. The summed E-state index contributed by atoms with van der Waals surface area (Å²) in [5.74, 6) is 2.67. The fraction of sp³-hybridized carbons (Fsp3) is 0.500. The Hall–Kier alpha value is -2.35. The van der Waals surface area contributed by atoms with Gasteiger partial charge in [-0.3, -0.25) is 14.7 Å². The summed E-state index contributed by atoms with van der Waals surface area (Å²) >= 11 is 6.06. The van der Waals surface area contributed by atoms with Crippen molar-refractivity contribution >= 4 is 18.1 Å². The number of aromatic nitrogens is 1. The van der Waals surface area contributed by atoms with Gasteiger partial charge in [-0.05, 0) is 56.7 Å². The average Bonchev–Trinajstić information content (AvgIpc) is 3.12. The summed E-state index contributed by atoms with van der Waals surface area (Å²) in [6.07, 6.45) is 2.89. The standard InChI is InChI=1S/C23H29ClN2O3.CH2O2/c1-14-10-25-20(15(2)23(14)28-3)13-26-11-16-7-21(27)22(8-17(16)12-26)29-19-6-4-5-18(24)9-19;2-1-3/h4-6,9-10,16-17,21-22,27H,7-8,11-13H2,1-3H3;1H,(H,2,3)/t16-,17+,21+,22+;/m0./s1. The zero-order valence-electron chi connectivity index (χ0n) is 18.7. The number of carboxylic acid groups (broad SMARTS) is 1. The van der Waals surface area contributed by atoms with Crippen molar-refractivity contribution in [2.75, 3.05) is 20.2 Å². The molecule has 174 valence electrons. The zero-order chi connectivity index (χ0) is 23.3. The van der Waals surface area contributed by atoms with Gasteiger partial charge in [0, 0.05) is 42.0 Å². The van der Waals surface area contributed by atoms with Gasteiger partial charge in [0.1, 0.15) is 17.6 Å². The smallest absolute Gasteiger partial charge is 0.290 e. The molecule has 0 amide bonds. The summed E-state index contributed by atoms with van der Waals surface area (Å²) in [4.78, 5) is 15.5. The van der Waals surface area contributed by atoms with Crippen molar-refractivity contribution in [2.24, 2.45) is 11.8 Å². The molecule has 1 saturated carbocycles. The van der Waals surface area contributed by atoms with Crippen molar-refractivity contribution in [1.29, 1.82) is 0 Å². The first-order valence-electron chi connectivity index (χ1n) is 10.8. The summed E-state index contributed by atoms with van der Waals surface area (Å²) in [6.45, 7) is 6.66. The number of halogens is 1. The van der Waals surface area contributed by atoms with Gasteiger partial charge in [0.2, 0.25) is 0 Å². The van der Waals surface area contributed by atoms with Crippen molar-refractivity contribution in [3.8, 4) is 11.5 Å². The molecule has 1 aliphatic heterocycles. The molecule has 1 aromatic heterocycles. The van der Waals surface area contributed by atoms with E-state index in [0.29, 0.717) is 16.9 Å². The van der Waals surface area contributed by atoms with Crippen LogP contribution >= 0.6 is 11.6 Å². The molecule has 2 aromatic rings. The van der Waals surface area contributed by atoms with Crippen LogP contribution in [0, 0.1) is 25.7 Å². The van der Waals surface area contributed by atoms with Gasteiger partial charge in [-0.25, -0.2) is 0 Å². The number of carbonyl (C=O) groups is 1. The predicted molar refractivity (Wildman–Crippen MR) is 122 cm³/mol. The molecule has 1 aromatic carbocycles. The van der Waals surface area contributed by atoms with Crippen LogP contribution < -0.4 is 9.47 Å². The van der Waals surface area contributed by atoms with Crippen molar-refractivity contribution < 1.29 is 24.5 Å². The number of hydrogen-bond donors (Lipinski definition) is 2. The van der Waals surface area contributed by atoms with E-state index in [4.69, 9.17) is 31.0 Å². The Kier molecular flexibility index (Phi) is 8.34. The molecule has 2 aliphatic rings. The lowest BCUT2D eigenvalue weighted by molar-refractivity contribution is -0.122. The normalized spacial score (nSPS) is 24.8. The van der Waals surface area contributed by atoms with Gasteiger partial charge in [0.15, 0.2) is 0 Å². The number of methoxy groups -OCH3 is 1. The van der Waals surface area contributed by atoms with Gasteiger partial charge >= 0.3 is 0 Å². The second-order valence-electron chi connectivity index (χ2n) is 8.52. The second kappa shape index (κ2) is 11.0. The van der Waals surface area contributed by atoms with Crippen LogP contribution in [-0.2, 0) is 11.3 Å². The minimum atomic E-state index is -0.450. The summed E-state index contributed by atoms with van der Waals surface area (Å²) in [6, 6.07) is 7.40. The maximum absolute atomic E-state index is 10.7. The minimum Gasteiger partial charge on any atom is -0.496 e. The third-order valence-corrected chi connectivity index (χ3v) is 6.60. The van der Waals surface area contributed by atoms with Gasteiger partial charge in [-0.2, -0.15) is 0 Å². The Bertz CT molecular complexity index is 925. The van der Waals surface area contributed by atoms with E-state index in [1.807, 2.05) is 31.3 Å². The third-order valence-electron chi connectivity index (χ3n) is 6.37. The Morgan fingerprint density at radius 1 is 1.25 bits per heavy atom. The number of aliphatic hydroxyl groups excluding tert-OH is 1. The summed E-state index contributed by atoms with van der Waals surface area (Å²) < 4.78 is 11.6. The molecule has 2 fully saturated rings. The maximum Gasteiger partial charge on any atom is 0.290 e. The molecule has 4 atom stereocenters. The highest BCUT2D eigenvalue weighted by Gasteiger charge is 2.42. The van der Waals surface area contributed by atoms with Gasteiger partial charge in [0.05, 0.1) is 18.9 Å². The summed E-state index contributed by atoms with van der Waals surface area (Å²) in [5.41, 5.74) is 3.25. The van der Waals surface area contributed by atoms with Gasteiger partial charge in [-0.15, -0.1) is 0 Å². The highest BCUT2D eigenvalue weighted by molar-refractivity contribution is 6.30. The molecule has 32 heavy (non-hydrogen) atoms. The van der Waals surface area contributed by atoms with E-state index in [1.165, 1.54) is 0 Å². The van der Waals surface area contributed by atoms with Crippen LogP contribution in [0.4, 0.5) is 0 Å². The zero-order valence-corrected chi connectivity index (χ0v) is 19.5. The SMILES string of the molecule is COc1c(C)cnc(CN2C[C@H]3C[C@@H](Oc4cccc(Cl)c4)[C@H](O)C[C@H]3C2)c1C.O=CO. The Morgan fingerprint density at radius 3 is 2.59 bits per heavy atom. The third kappa shape index (κ3) is 5.71. The van der Waals surface area contributed by atoms with Crippen LogP contribution in [0.2, 0.25) is 5.02 Å². The van der Waals surface area contributed by atoms with Crippen molar-refractivity contribution in [1.82, 2.24) is 9.88 Å². The highest BCUT2D eigenvalue weighted by Crippen LogP contribution is 2.39. The molecular formula is C24H31ClN2O5. The number of fused-ring (bicyclic) bond motifs is 1. The molecule has 0 bridgehead atoms. The molecule has 2 N–H and O–H groups in total. The van der Waals surface area contributed by atoms with Crippen molar-refractivity contribution in [3.63, 3.8) is 0 Å². The van der Waals surface area contributed by atoms with E-state index in [1.54, 1.807) is 13.2 Å². The number of aryl methyl sites for hydroxylation is 1. The van der Waals surface area contributed by atoms with Crippen molar-refractivity contribution in [2.45, 2.75) is 45.4 Å². The largest absolute Gasteiger partial charge is 0.496 e. The quantitative estimate of drug-likeness (QED) is 0.654. The van der Waals surface area contributed by atoms with E-state index >= 15 is 0 Å². The average molecular weight is 463 g/mol. The van der Waals surface area contributed by atoms with Crippen LogP contribution in [0.5, 0.6) is 11.5 Å². The monoisotopic (exact) mass is 462 g/mol. The van der Waals surface area contributed by atoms with E-state index < -0.39 is 6.10 Å². The first-order chi connectivity index (χ1) is 15.4. The van der Waals surface area contributed by atoms with Crippen LogP contribution in [0.3, 0.4) is 0 Å².